The van der Waals surface area contributed by atoms with Gasteiger partial charge in [-0.25, -0.2) is 0 Å². The summed E-state index contributed by atoms with van der Waals surface area (Å²) in [6.07, 6.45) is 1.56. The fourth-order valence-corrected chi connectivity index (χ4v) is 2.35. The van der Waals surface area contributed by atoms with E-state index in [1.807, 2.05) is 48.1 Å². The minimum atomic E-state index is 0.174. The van der Waals surface area contributed by atoms with E-state index in [0.717, 1.165) is 30.0 Å². The fourth-order valence-electron chi connectivity index (χ4n) is 2.35. The van der Waals surface area contributed by atoms with E-state index in [1.54, 1.807) is 4.90 Å². The van der Waals surface area contributed by atoms with Gasteiger partial charge in [-0.1, -0.05) is 30.3 Å². The van der Waals surface area contributed by atoms with Crippen molar-refractivity contribution < 1.29 is 4.79 Å². The SMILES string of the molecule is Cn1nc(N2CCCC2=O)cc1-c1ccccc1. The second-order valence-corrected chi connectivity index (χ2v) is 4.53. The van der Waals surface area contributed by atoms with Crippen LogP contribution in [0.1, 0.15) is 12.8 Å². The molecule has 1 aromatic heterocycles. The van der Waals surface area contributed by atoms with Gasteiger partial charge >= 0.3 is 0 Å². The van der Waals surface area contributed by atoms with Crippen molar-refractivity contribution >= 4 is 11.7 Å². The summed E-state index contributed by atoms with van der Waals surface area (Å²) in [5.41, 5.74) is 2.15. The van der Waals surface area contributed by atoms with Gasteiger partial charge in [0.25, 0.3) is 0 Å². The molecule has 0 bridgehead atoms. The molecule has 4 nitrogen and oxygen atoms in total. The largest absolute Gasteiger partial charge is 0.295 e. The monoisotopic (exact) mass is 241 g/mol. The van der Waals surface area contributed by atoms with Crippen molar-refractivity contribution in [3.8, 4) is 11.3 Å². The molecule has 0 aliphatic carbocycles. The molecule has 1 saturated heterocycles. The second kappa shape index (κ2) is 4.29. The van der Waals surface area contributed by atoms with Crippen molar-refractivity contribution in [1.82, 2.24) is 9.78 Å². The third-order valence-corrected chi connectivity index (χ3v) is 3.29. The number of amides is 1. The van der Waals surface area contributed by atoms with E-state index < -0.39 is 0 Å². The van der Waals surface area contributed by atoms with Gasteiger partial charge in [-0.05, 0) is 12.0 Å². The third kappa shape index (κ3) is 1.79. The van der Waals surface area contributed by atoms with Gasteiger partial charge < -0.3 is 0 Å². The summed E-state index contributed by atoms with van der Waals surface area (Å²) in [4.78, 5) is 13.5. The predicted molar refractivity (Wildman–Crippen MR) is 70.2 cm³/mol. The van der Waals surface area contributed by atoms with Crippen LogP contribution >= 0.6 is 0 Å². The Balaban J connectivity index is 1.99. The van der Waals surface area contributed by atoms with Crippen molar-refractivity contribution in [3.05, 3.63) is 36.4 Å². The first-order valence-corrected chi connectivity index (χ1v) is 6.15. The van der Waals surface area contributed by atoms with Gasteiger partial charge in [0.2, 0.25) is 5.91 Å². The fraction of sp³-hybridized carbons (Fsp3) is 0.286. The maximum Gasteiger partial charge on any atom is 0.228 e. The van der Waals surface area contributed by atoms with Crippen molar-refractivity contribution in [2.24, 2.45) is 7.05 Å². The summed E-state index contributed by atoms with van der Waals surface area (Å²) in [6.45, 7) is 0.782. The topological polar surface area (TPSA) is 38.1 Å². The number of hydrogen-bond acceptors (Lipinski definition) is 2. The van der Waals surface area contributed by atoms with Crippen LogP contribution in [-0.4, -0.2) is 22.2 Å². The standard InChI is InChI=1S/C14H15N3O/c1-16-12(11-6-3-2-4-7-11)10-13(15-16)17-9-5-8-14(17)18/h2-4,6-7,10H,5,8-9H2,1H3. The van der Waals surface area contributed by atoms with E-state index >= 15 is 0 Å². The number of benzene rings is 1. The summed E-state index contributed by atoms with van der Waals surface area (Å²) in [6, 6.07) is 12.1. The molecule has 0 spiro atoms. The van der Waals surface area contributed by atoms with E-state index in [-0.39, 0.29) is 5.91 Å². The van der Waals surface area contributed by atoms with Crippen molar-refractivity contribution in [2.75, 3.05) is 11.4 Å². The van der Waals surface area contributed by atoms with Crippen molar-refractivity contribution in [3.63, 3.8) is 0 Å². The number of nitrogens with zero attached hydrogens (tertiary/aromatic N) is 3. The van der Waals surface area contributed by atoms with Gasteiger partial charge in [-0.2, -0.15) is 5.10 Å². The number of carbonyl (C=O) groups excluding carboxylic acids is 1. The number of aryl methyl sites for hydroxylation is 1. The molecule has 0 saturated carbocycles. The molecule has 0 atom stereocenters. The third-order valence-electron chi connectivity index (χ3n) is 3.29. The molecular weight excluding hydrogens is 226 g/mol. The Hall–Kier alpha value is -2.10. The van der Waals surface area contributed by atoms with E-state index in [4.69, 9.17) is 0 Å². The number of rotatable bonds is 2. The predicted octanol–water partition coefficient (Wildman–Crippen LogP) is 2.21. The Labute approximate surface area is 106 Å². The van der Waals surface area contributed by atoms with E-state index in [9.17, 15) is 4.79 Å². The second-order valence-electron chi connectivity index (χ2n) is 4.53. The lowest BCUT2D eigenvalue weighted by molar-refractivity contribution is -0.117. The van der Waals surface area contributed by atoms with Gasteiger partial charge in [0.05, 0.1) is 5.69 Å². The molecule has 1 fully saturated rings. The minimum Gasteiger partial charge on any atom is -0.295 e. The van der Waals surface area contributed by atoms with Crippen LogP contribution in [0, 0.1) is 0 Å². The first-order valence-electron chi connectivity index (χ1n) is 6.15. The average Bonchev–Trinajstić information content (AvgIpc) is 2.96. The zero-order valence-corrected chi connectivity index (χ0v) is 10.3. The number of anilines is 1. The molecule has 1 aliphatic rings. The van der Waals surface area contributed by atoms with Gasteiger partial charge in [0, 0.05) is 26.1 Å². The summed E-state index contributed by atoms with van der Waals surface area (Å²) in [7, 11) is 1.91. The van der Waals surface area contributed by atoms with Gasteiger partial charge in [-0.3, -0.25) is 14.4 Å². The number of carbonyl (C=O) groups is 1. The molecule has 2 aromatic rings. The highest BCUT2D eigenvalue weighted by molar-refractivity contribution is 5.94. The Morgan fingerprint density at radius 2 is 2.00 bits per heavy atom. The first kappa shape index (κ1) is 11.0. The van der Waals surface area contributed by atoms with Crippen LogP contribution < -0.4 is 4.90 Å². The lowest BCUT2D eigenvalue weighted by atomic mass is 10.1. The maximum atomic E-state index is 11.7. The van der Waals surface area contributed by atoms with Crippen LogP contribution in [-0.2, 0) is 11.8 Å². The molecule has 1 amide bonds. The molecule has 0 N–H and O–H groups in total. The zero-order chi connectivity index (χ0) is 12.5. The van der Waals surface area contributed by atoms with Crippen molar-refractivity contribution in [1.29, 1.82) is 0 Å². The molecule has 2 heterocycles. The first-order chi connectivity index (χ1) is 8.75. The van der Waals surface area contributed by atoms with Crippen LogP contribution in [0.2, 0.25) is 0 Å². The Bertz CT molecular complexity index is 574. The summed E-state index contributed by atoms with van der Waals surface area (Å²) >= 11 is 0. The Morgan fingerprint density at radius 3 is 2.67 bits per heavy atom. The Morgan fingerprint density at radius 1 is 1.22 bits per heavy atom. The molecule has 3 rings (SSSR count). The number of hydrogen-bond donors (Lipinski definition) is 0. The van der Waals surface area contributed by atoms with E-state index in [2.05, 4.69) is 5.10 Å². The average molecular weight is 241 g/mol. The lowest BCUT2D eigenvalue weighted by Crippen LogP contribution is -2.24. The zero-order valence-electron chi connectivity index (χ0n) is 10.3. The molecule has 1 aliphatic heterocycles. The maximum absolute atomic E-state index is 11.7. The quantitative estimate of drug-likeness (QED) is 0.808. The summed E-state index contributed by atoms with van der Waals surface area (Å²) < 4.78 is 1.83. The molecule has 18 heavy (non-hydrogen) atoms. The van der Waals surface area contributed by atoms with Gasteiger partial charge in [-0.15, -0.1) is 0 Å². The normalized spacial score (nSPS) is 15.4. The molecule has 4 heteroatoms. The van der Waals surface area contributed by atoms with E-state index in [1.165, 1.54) is 0 Å². The molecule has 0 radical (unpaired) electrons. The lowest BCUT2D eigenvalue weighted by Gasteiger charge is -2.10. The highest BCUT2D eigenvalue weighted by Crippen LogP contribution is 2.26. The van der Waals surface area contributed by atoms with Crippen LogP contribution in [0.25, 0.3) is 11.3 Å². The summed E-state index contributed by atoms with van der Waals surface area (Å²) in [5, 5.41) is 4.44. The van der Waals surface area contributed by atoms with E-state index in [0.29, 0.717) is 6.42 Å². The smallest absolute Gasteiger partial charge is 0.228 e. The van der Waals surface area contributed by atoms with Crippen LogP contribution in [0.5, 0.6) is 0 Å². The van der Waals surface area contributed by atoms with Gasteiger partial charge in [0.1, 0.15) is 0 Å². The molecule has 0 unspecified atom stereocenters. The van der Waals surface area contributed by atoms with Crippen molar-refractivity contribution in [2.45, 2.75) is 12.8 Å². The molecule has 1 aromatic carbocycles. The highest BCUT2D eigenvalue weighted by atomic mass is 16.2. The highest BCUT2D eigenvalue weighted by Gasteiger charge is 2.24. The summed E-state index contributed by atoms with van der Waals surface area (Å²) in [5.74, 6) is 0.937. The Kier molecular flexibility index (Phi) is 2.63. The van der Waals surface area contributed by atoms with Crippen LogP contribution in [0.4, 0.5) is 5.82 Å². The minimum absolute atomic E-state index is 0.174. The molecule has 92 valence electrons. The van der Waals surface area contributed by atoms with Crippen LogP contribution in [0.15, 0.2) is 36.4 Å². The molecular formula is C14H15N3O. The number of aromatic nitrogens is 2. The van der Waals surface area contributed by atoms with Crippen LogP contribution in [0.3, 0.4) is 0 Å². The van der Waals surface area contributed by atoms with Gasteiger partial charge in [0.15, 0.2) is 5.82 Å².